The molecule has 10 heteroatoms. The Labute approximate surface area is 252 Å². The summed E-state index contributed by atoms with van der Waals surface area (Å²) in [4.78, 5) is 57.6. The number of aromatic nitrogens is 2. The first-order valence-corrected chi connectivity index (χ1v) is 14.0. The van der Waals surface area contributed by atoms with Gasteiger partial charge in [0, 0.05) is 24.2 Å². The third kappa shape index (κ3) is 5.86. The fourth-order valence-corrected chi connectivity index (χ4v) is 5.25. The summed E-state index contributed by atoms with van der Waals surface area (Å²) in [5, 5.41) is 17.3. The molecule has 0 saturated heterocycles. The Bertz CT molecular complexity index is 2010. The lowest BCUT2D eigenvalue weighted by atomic mass is 9.90. The molecule has 4 N–H and O–H groups in total. The summed E-state index contributed by atoms with van der Waals surface area (Å²) in [7, 11) is 0. The summed E-state index contributed by atoms with van der Waals surface area (Å²) in [6.07, 6.45) is 6.22. The van der Waals surface area contributed by atoms with Crippen LogP contribution in [0.4, 0.5) is 5.69 Å². The first-order chi connectivity index (χ1) is 21.4. The van der Waals surface area contributed by atoms with Gasteiger partial charge in [-0.05, 0) is 63.0 Å². The van der Waals surface area contributed by atoms with Gasteiger partial charge in [-0.15, -0.1) is 0 Å². The minimum Gasteiger partial charge on any atom is -0.346 e. The number of rotatable bonds is 9. The monoisotopic (exact) mass is 584 g/mol. The van der Waals surface area contributed by atoms with Gasteiger partial charge in [-0.3, -0.25) is 29.1 Å². The van der Waals surface area contributed by atoms with Crippen LogP contribution in [-0.4, -0.2) is 52.7 Å². The van der Waals surface area contributed by atoms with Gasteiger partial charge in [-0.25, -0.2) is 0 Å². The number of nitrogens with zero attached hydrogens (tertiary/aromatic N) is 2. The minimum absolute atomic E-state index is 0.313. The number of carbonyl (C=O) groups excluding carboxylic acids is 4. The number of benzene rings is 4. The van der Waals surface area contributed by atoms with E-state index in [-0.39, 0.29) is 13.1 Å². The van der Waals surface area contributed by atoms with Crippen LogP contribution in [-0.2, 0) is 14.4 Å². The maximum Gasteiger partial charge on any atom is 0.253 e. The van der Waals surface area contributed by atoms with Crippen LogP contribution < -0.4 is 21.3 Å². The molecule has 218 valence electrons. The fraction of sp³-hybridized carbons (Fsp3) is 0.118. The second kappa shape index (κ2) is 12.1. The lowest BCUT2D eigenvalue weighted by Gasteiger charge is -2.16. The Hall–Kier alpha value is -5.90. The molecule has 0 aliphatic carbocycles. The summed E-state index contributed by atoms with van der Waals surface area (Å²) in [5.41, 5.74) is 2.63. The Morgan fingerprint density at radius 1 is 0.727 bits per heavy atom. The van der Waals surface area contributed by atoms with E-state index >= 15 is 0 Å². The predicted molar refractivity (Wildman–Crippen MR) is 169 cm³/mol. The van der Waals surface area contributed by atoms with Crippen molar-refractivity contribution in [2.75, 3.05) is 18.4 Å². The second-order valence-electron chi connectivity index (χ2n) is 10.4. The van der Waals surface area contributed by atoms with Crippen LogP contribution in [0.3, 0.4) is 0 Å². The van der Waals surface area contributed by atoms with E-state index in [1.54, 1.807) is 31.5 Å². The molecule has 0 unspecified atom stereocenters. The zero-order chi connectivity index (χ0) is 30.6. The SMILES string of the molecule is C[C@H](NC(=O)CNC(=O)CNC(=O)c1cccnc1)C(=O)Nc1cncc(-c2ccc3ccc4cccc5ccc2c3c45)c1. The minimum atomic E-state index is -0.886. The molecule has 6 rings (SSSR count). The van der Waals surface area contributed by atoms with Crippen molar-refractivity contribution in [3.05, 3.63) is 103 Å². The molecule has 2 aromatic heterocycles. The van der Waals surface area contributed by atoms with Crippen molar-refractivity contribution in [1.29, 1.82) is 0 Å². The summed E-state index contributed by atoms with van der Waals surface area (Å²) in [6, 6.07) is 23.1. The van der Waals surface area contributed by atoms with Crippen LogP contribution in [0.5, 0.6) is 0 Å². The zero-order valence-corrected chi connectivity index (χ0v) is 23.8. The number of amides is 4. The average Bonchev–Trinajstić information content (AvgIpc) is 3.05. The highest BCUT2D eigenvalue weighted by Crippen LogP contribution is 2.39. The van der Waals surface area contributed by atoms with Crippen LogP contribution in [0, 0.1) is 0 Å². The van der Waals surface area contributed by atoms with E-state index in [0.29, 0.717) is 11.3 Å². The van der Waals surface area contributed by atoms with Crippen LogP contribution >= 0.6 is 0 Å². The van der Waals surface area contributed by atoms with Gasteiger partial charge >= 0.3 is 0 Å². The highest BCUT2D eigenvalue weighted by atomic mass is 16.2. The molecule has 0 saturated carbocycles. The third-order valence-electron chi connectivity index (χ3n) is 7.40. The smallest absolute Gasteiger partial charge is 0.253 e. The Morgan fingerprint density at radius 3 is 2.23 bits per heavy atom. The Balaban J connectivity index is 1.07. The standard InChI is InChI=1S/C34H28N6O4/c1-20(39-30(42)19-37-29(41)18-38-34(44)24-6-3-13-35-15-24)33(43)40-26-14-25(16-36-17-26)27-11-9-23-8-7-21-4-2-5-22-10-12-28(27)32(23)31(21)22/h2-17,20H,18-19H2,1H3,(H,37,41)(H,38,44)(H,39,42)(H,40,43)/t20-/m0/s1. The molecule has 0 aliphatic rings. The van der Waals surface area contributed by atoms with E-state index in [2.05, 4.69) is 85.8 Å². The van der Waals surface area contributed by atoms with Crippen LogP contribution in [0.25, 0.3) is 43.4 Å². The lowest BCUT2D eigenvalue weighted by Crippen LogP contribution is -2.47. The highest BCUT2D eigenvalue weighted by Gasteiger charge is 2.18. The van der Waals surface area contributed by atoms with Gasteiger partial charge in [0.2, 0.25) is 17.7 Å². The highest BCUT2D eigenvalue weighted by molar-refractivity contribution is 6.25. The molecule has 0 aliphatic heterocycles. The second-order valence-corrected chi connectivity index (χ2v) is 10.4. The van der Waals surface area contributed by atoms with Crippen LogP contribution in [0.1, 0.15) is 17.3 Å². The summed E-state index contributed by atoms with van der Waals surface area (Å²) in [5.74, 6) is -2.01. The summed E-state index contributed by atoms with van der Waals surface area (Å²) >= 11 is 0. The van der Waals surface area contributed by atoms with Gasteiger partial charge in [-0.1, -0.05) is 54.6 Å². The molecule has 0 radical (unpaired) electrons. The molecule has 44 heavy (non-hydrogen) atoms. The number of hydrogen-bond donors (Lipinski definition) is 4. The first kappa shape index (κ1) is 28.2. The van der Waals surface area contributed by atoms with Crippen molar-refractivity contribution >= 4 is 61.6 Å². The van der Waals surface area contributed by atoms with Gasteiger partial charge < -0.3 is 21.3 Å². The topological polar surface area (TPSA) is 142 Å². The van der Waals surface area contributed by atoms with Crippen molar-refractivity contribution in [3.63, 3.8) is 0 Å². The van der Waals surface area contributed by atoms with Gasteiger partial charge in [0.1, 0.15) is 6.04 Å². The molecule has 0 fully saturated rings. The van der Waals surface area contributed by atoms with Crippen molar-refractivity contribution < 1.29 is 19.2 Å². The molecule has 2 heterocycles. The van der Waals surface area contributed by atoms with E-state index in [9.17, 15) is 19.2 Å². The molecule has 10 nitrogen and oxygen atoms in total. The first-order valence-electron chi connectivity index (χ1n) is 14.0. The van der Waals surface area contributed by atoms with E-state index in [0.717, 1.165) is 21.9 Å². The molecule has 0 bridgehead atoms. The quantitative estimate of drug-likeness (QED) is 0.189. The van der Waals surface area contributed by atoms with Gasteiger partial charge in [-0.2, -0.15) is 0 Å². The third-order valence-corrected chi connectivity index (χ3v) is 7.40. The maximum atomic E-state index is 12.9. The molecular weight excluding hydrogens is 556 g/mol. The summed E-state index contributed by atoms with van der Waals surface area (Å²) in [6.45, 7) is 0.874. The number of pyridine rings is 2. The largest absolute Gasteiger partial charge is 0.346 e. The number of carbonyl (C=O) groups is 4. The number of hydrogen-bond acceptors (Lipinski definition) is 6. The molecule has 1 atom stereocenters. The fourth-order valence-electron chi connectivity index (χ4n) is 5.25. The molecular formula is C34H28N6O4. The number of anilines is 1. The van der Waals surface area contributed by atoms with E-state index in [1.807, 2.05) is 6.07 Å². The van der Waals surface area contributed by atoms with E-state index < -0.39 is 29.7 Å². The summed E-state index contributed by atoms with van der Waals surface area (Å²) < 4.78 is 0. The Morgan fingerprint density at radius 2 is 1.45 bits per heavy atom. The average molecular weight is 585 g/mol. The number of nitrogens with one attached hydrogen (secondary N) is 4. The molecule has 4 aromatic carbocycles. The normalized spacial score (nSPS) is 11.8. The molecule has 0 spiro atoms. The Kier molecular flexibility index (Phi) is 7.79. The van der Waals surface area contributed by atoms with Gasteiger partial charge in [0.05, 0.1) is 30.5 Å². The van der Waals surface area contributed by atoms with E-state index in [1.165, 1.54) is 33.9 Å². The maximum absolute atomic E-state index is 12.9. The predicted octanol–water partition coefficient (Wildman–Crippen LogP) is 4.03. The van der Waals surface area contributed by atoms with Crippen molar-refractivity contribution in [2.45, 2.75) is 13.0 Å². The van der Waals surface area contributed by atoms with Gasteiger partial charge in [0.25, 0.3) is 5.91 Å². The molecule has 6 aromatic rings. The van der Waals surface area contributed by atoms with Crippen molar-refractivity contribution in [3.8, 4) is 11.1 Å². The van der Waals surface area contributed by atoms with Crippen molar-refractivity contribution in [1.82, 2.24) is 25.9 Å². The lowest BCUT2D eigenvalue weighted by molar-refractivity contribution is -0.127. The van der Waals surface area contributed by atoms with Gasteiger partial charge in [0.15, 0.2) is 0 Å². The zero-order valence-electron chi connectivity index (χ0n) is 23.8. The van der Waals surface area contributed by atoms with E-state index in [4.69, 9.17) is 0 Å². The van der Waals surface area contributed by atoms with Crippen molar-refractivity contribution in [2.24, 2.45) is 0 Å². The molecule has 4 amide bonds. The van der Waals surface area contributed by atoms with Crippen LogP contribution in [0.2, 0.25) is 0 Å². The van der Waals surface area contributed by atoms with Crippen LogP contribution in [0.15, 0.2) is 97.6 Å².